The van der Waals surface area contributed by atoms with Gasteiger partial charge in [0.15, 0.2) is 11.5 Å². The van der Waals surface area contributed by atoms with E-state index in [0.29, 0.717) is 16.9 Å². The van der Waals surface area contributed by atoms with Gasteiger partial charge in [0.2, 0.25) is 0 Å². The number of ketones is 1. The second-order valence-electron chi connectivity index (χ2n) is 4.88. The predicted octanol–water partition coefficient (Wildman–Crippen LogP) is 3.92. The van der Waals surface area contributed by atoms with Gasteiger partial charge in [-0.25, -0.2) is 0 Å². The Morgan fingerprint density at radius 3 is 2.82 bits per heavy atom. The molecule has 0 unspecified atom stereocenters. The van der Waals surface area contributed by atoms with E-state index in [2.05, 4.69) is 10.2 Å². The molecule has 3 aromatic rings. The SMILES string of the molecule is Cc1ccc(C(=O)CSc2nnc(-c3ccco3)o2)c(C)c1. The van der Waals surface area contributed by atoms with E-state index in [-0.39, 0.29) is 11.5 Å². The van der Waals surface area contributed by atoms with Crippen LogP contribution in [0.4, 0.5) is 0 Å². The first kappa shape index (κ1) is 14.6. The number of Topliss-reactive ketones (excluding diaryl/α,β-unsaturated/α-hetero) is 1. The van der Waals surface area contributed by atoms with Gasteiger partial charge in [0, 0.05) is 5.56 Å². The van der Waals surface area contributed by atoms with Crippen LogP contribution in [0.15, 0.2) is 50.7 Å². The number of thioether (sulfide) groups is 1. The summed E-state index contributed by atoms with van der Waals surface area (Å²) in [6.45, 7) is 3.94. The zero-order valence-corrected chi connectivity index (χ0v) is 13.0. The molecule has 22 heavy (non-hydrogen) atoms. The minimum atomic E-state index is 0.0419. The third-order valence-corrected chi connectivity index (χ3v) is 3.97. The van der Waals surface area contributed by atoms with Crippen LogP contribution in [0.2, 0.25) is 0 Å². The van der Waals surface area contributed by atoms with Crippen LogP contribution < -0.4 is 0 Å². The normalized spacial score (nSPS) is 10.8. The van der Waals surface area contributed by atoms with Crippen molar-refractivity contribution in [3.05, 3.63) is 53.3 Å². The van der Waals surface area contributed by atoms with Gasteiger partial charge in [-0.2, -0.15) is 0 Å². The van der Waals surface area contributed by atoms with Gasteiger partial charge in [-0.1, -0.05) is 35.5 Å². The van der Waals surface area contributed by atoms with Crippen molar-refractivity contribution in [3.8, 4) is 11.7 Å². The number of aryl methyl sites for hydroxylation is 2. The lowest BCUT2D eigenvalue weighted by Crippen LogP contribution is -2.04. The fraction of sp³-hybridized carbons (Fsp3) is 0.188. The molecule has 0 atom stereocenters. The monoisotopic (exact) mass is 314 g/mol. The first-order chi connectivity index (χ1) is 10.6. The first-order valence-electron chi connectivity index (χ1n) is 6.74. The highest BCUT2D eigenvalue weighted by Crippen LogP contribution is 2.24. The van der Waals surface area contributed by atoms with E-state index in [0.717, 1.165) is 16.7 Å². The summed E-state index contributed by atoms with van der Waals surface area (Å²) in [7, 11) is 0. The van der Waals surface area contributed by atoms with Crippen molar-refractivity contribution in [2.45, 2.75) is 19.1 Å². The molecule has 0 amide bonds. The predicted molar refractivity (Wildman–Crippen MR) is 83.0 cm³/mol. The van der Waals surface area contributed by atoms with Crippen molar-refractivity contribution in [1.82, 2.24) is 10.2 Å². The Hall–Kier alpha value is -2.34. The highest BCUT2D eigenvalue weighted by Gasteiger charge is 2.14. The molecule has 0 aliphatic rings. The lowest BCUT2D eigenvalue weighted by Gasteiger charge is -2.04. The topological polar surface area (TPSA) is 69.1 Å². The minimum Gasteiger partial charge on any atom is -0.459 e. The van der Waals surface area contributed by atoms with Crippen molar-refractivity contribution in [3.63, 3.8) is 0 Å². The van der Waals surface area contributed by atoms with E-state index in [1.807, 2.05) is 32.0 Å². The highest BCUT2D eigenvalue weighted by atomic mass is 32.2. The molecule has 6 heteroatoms. The van der Waals surface area contributed by atoms with Crippen LogP contribution >= 0.6 is 11.8 Å². The van der Waals surface area contributed by atoms with Crippen LogP contribution in [-0.2, 0) is 0 Å². The second-order valence-corrected chi connectivity index (χ2v) is 5.81. The summed E-state index contributed by atoms with van der Waals surface area (Å²) in [5, 5.41) is 8.16. The number of furan rings is 1. The van der Waals surface area contributed by atoms with Crippen molar-refractivity contribution < 1.29 is 13.6 Å². The molecule has 0 bridgehead atoms. The summed E-state index contributed by atoms with van der Waals surface area (Å²) in [5.41, 5.74) is 2.85. The maximum absolute atomic E-state index is 12.3. The summed E-state index contributed by atoms with van der Waals surface area (Å²) < 4.78 is 10.6. The van der Waals surface area contributed by atoms with Gasteiger partial charge in [0.25, 0.3) is 11.1 Å². The molecule has 0 aliphatic carbocycles. The maximum atomic E-state index is 12.3. The van der Waals surface area contributed by atoms with E-state index >= 15 is 0 Å². The molecule has 2 aromatic heterocycles. The van der Waals surface area contributed by atoms with Gasteiger partial charge >= 0.3 is 0 Å². The lowest BCUT2D eigenvalue weighted by atomic mass is 10.0. The van der Waals surface area contributed by atoms with Gasteiger partial charge in [0.05, 0.1) is 12.0 Å². The fourth-order valence-electron chi connectivity index (χ4n) is 2.10. The molecule has 0 aliphatic heterocycles. The Morgan fingerprint density at radius 2 is 2.09 bits per heavy atom. The standard InChI is InChI=1S/C16H14N2O3S/c1-10-5-6-12(11(2)8-10)13(19)9-22-16-18-17-15(21-16)14-4-3-7-20-14/h3-8H,9H2,1-2H3. The van der Waals surface area contributed by atoms with Gasteiger partial charge < -0.3 is 8.83 Å². The second kappa shape index (κ2) is 6.19. The van der Waals surface area contributed by atoms with Crippen LogP contribution in [0.5, 0.6) is 0 Å². The molecule has 0 spiro atoms. The summed E-state index contributed by atoms with van der Waals surface area (Å²) >= 11 is 1.22. The van der Waals surface area contributed by atoms with E-state index in [1.54, 1.807) is 12.1 Å². The summed E-state index contributed by atoms with van der Waals surface area (Å²) in [6, 6.07) is 9.28. The zero-order chi connectivity index (χ0) is 15.5. The fourth-order valence-corrected chi connectivity index (χ4v) is 2.75. The third kappa shape index (κ3) is 3.12. The Morgan fingerprint density at radius 1 is 1.23 bits per heavy atom. The molecule has 0 N–H and O–H groups in total. The molecular weight excluding hydrogens is 300 g/mol. The summed E-state index contributed by atoms with van der Waals surface area (Å²) in [4.78, 5) is 12.3. The van der Waals surface area contributed by atoms with E-state index < -0.39 is 0 Å². The van der Waals surface area contributed by atoms with Crippen molar-refractivity contribution in [2.75, 3.05) is 5.75 Å². The molecule has 0 saturated heterocycles. The Kier molecular flexibility index (Phi) is 4.11. The Balaban J connectivity index is 1.66. The van der Waals surface area contributed by atoms with Crippen molar-refractivity contribution in [1.29, 1.82) is 0 Å². The Labute approximate surface area is 131 Å². The number of carbonyl (C=O) groups is 1. The molecule has 3 rings (SSSR count). The number of carbonyl (C=O) groups excluding carboxylic acids is 1. The van der Waals surface area contributed by atoms with Crippen LogP contribution in [0.25, 0.3) is 11.7 Å². The average molecular weight is 314 g/mol. The molecule has 5 nitrogen and oxygen atoms in total. The molecular formula is C16H14N2O3S. The number of benzene rings is 1. The molecule has 0 saturated carbocycles. The van der Waals surface area contributed by atoms with Crippen LogP contribution in [0.1, 0.15) is 21.5 Å². The minimum absolute atomic E-state index is 0.0419. The van der Waals surface area contributed by atoms with Gasteiger partial charge in [-0.05, 0) is 31.5 Å². The lowest BCUT2D eigenvalue weighted by molar-refractivity contribution is 0.102. The molecule has 1 aromatic carbocycles. The van der Waals surface area contributed by atoms with Crippen molar-refractivity contribution in [2.24, 2.45) is 0 Å². The first-order valence-corrected chi connectivity index (χ1v) is 7.72. The van der Waals surface area contributed by atoms with E-state index in [1.165, 1.54) is 18.0 Å². The quantitative estimate of drug-likeness (QED) is 0.525. The molecule has 2 heterocycles. The number of rotatable bonds is 5. The smallest absolute Gasteiger partial charge is 0.284 e. The number of hydrogen-bond acceptors (Lipinski definition) is 6. The van der Waals surface area contributed by atoms with Gasteiger partial charge in [0.1, 0.15) is 0 Å². The number of hydrogen-bond donors (Lipinski definition) is 0. The molecule has 112 valence electrons. The average Bonchev–Trinajstić information content (AvgIpc) is 3.16. The summed E-state index contributed by atoms with van der Waals surface area (Å²) in [5.74, 6) is 1.12. The van der Waals surface area contributed by atoms with Crippen molar-refractivity contribution >= 4 is 17.5 Å². The molecule has 0 fully saturated rings. The highest BCUT2D eigenvalue weighted by molar-refractivity contribution is 7.99. The third-order valence-electron chi connectivity index (χ3n) is 3.15. The van der Waals surface area contributed by atoms with Gasteiger partial charge in [-0.15, -0.1) is 10.2 Å². The number of nitrogens with zero attached hydrogens (tertiary/aromatic N) is 2. The summed E-state index contributed by atoms with van der Waals surface area (Å²) in [6.07, 6.45) is 1.54. The van der Waals surface area contributed by atoms with E-state index in [4.69, 9.17) is 8.83 Å². The molecule has 0 radical (unpaired) electrons. The Bertz CT molecular complexity index is 794. The van der Waals surface area contributed by atoms with Crippen LogP contribution in [0, 0.1) is 13.8 Å². The van der Waals surface area contributed by atoms with E-state index in [9.17, 15) is 4.79 Å². The number of aromatic nitrogens is 2. The zero-order valence-electron chi connectivity index (χ0n) is 12.2. The maximum Gasteiger partial charge on any atom is 0.284 e. The van der Waals surface area contributed by atoms with Crippen LogP contribution in [0.3, 0.4) is 0 Å². The van der Waals surface area contributed by atoms with Gasteiger partial charge in [-0.3, -0.25) is 4.79 Å². The van der Waals surface area contributed by atoms with Crippen LogP contribution in [-0.4, -0.2) is 21.7 Å². The largest absolute Gasteiger partial charge is 0.459 e.